The van der Waals surface area contributed by atoms with Gasteiger partial charge in [-0.25, -0.2) is 4.79 Å². The third-order valence-electron chi connectivity index (χ3n) is 5.33. The van der Waals surface area contributed by atoms with Gasteiger partial charge in [0, 0.05) is 6.54 Å². The molecule has 1 aromatic carbocycles. The van der Waals surface area contributed by atoms with Crippen LogP contribution in [0.4, 0.5) is 38.1 Å². The lowest BCUT2D eigenvalue weighted by Crippen LogP contribution is -2.62. The molecular weight excluding hydrogens is 531 g/mol. The Morgan fingerprint density at radius 1 is 1.05 bits per heavy atom. The van der Waals surface area contributed by atoms with Crippen LogP contribution >= 0.6 is 0 Å². The van der Waals surface area contributed by atoms with E-state index in [4.69, 9.17) is 9.84 Å². The number of hydrogen-bond acceptors (Lipinski definition) is 8. The van der Waals surface area contributed by atoms with E-state index < -0.39 is 80.5 Å². The van der Waals surface area contributed by atoms with Crippen molar-refractivity contribution >= 4 is 35.2 Å². The van der Waals surface area contributed by atoms with Crippen molar-refractivity contribution in [1.82, 2.24) is 10.6 Å². The molecule has 0 saturated carbocycles. The number of nitrogens with zero attached hydrogens (tertiary/aromatic N) is 2. The molecule has 0 bridgehead atoms. The lowest BCUT2D eigenvalue weighted by atomic mass is 10.0. The van der Waals surface area contributed by atoms with Crippen molar-refractivity contribution in [3.05, 3.63) is 24.3 Å². The van der Waals surface area contributed by atoms with E-state index in [1.165, 1.54) is 24.3 Å². The number of carbonyl (C=O) groups is 4. The first kappa shape index (κ1) is 30.7. The van der Waals surface area contributed by atoms with E-state index in [1.807, 2.05) is 5.32 Å². The molecule has 2 rings (SSSR count). The molecule has 4 amide bonds. The predicted molar refractivity (Wildman–Crippen MR) is 118 cm³/mol. The molecule has 0 aliphatic carbocycles. The number of nitrogens with one attached hydrogen (secondary N) is 2. The summed E-state index contributed by atoms with van der Waals surface area (Å²) in [4.78, 5) is 52.7. The zero-order valence-corrected chi connectivity index (χ0v) is 19.8. The molecule has 0 aromatic heterocycles. The summed E-state index contributed by atoms with van der Waals surface area (Å²) in [6, 6.07) is 4.08. The largest absolute Gasteiger partial charge is 0.455 e. The predicted octanol–water partition coefficient (Wildman–Crippen LogP) is -0.490. The van der Waals surface area contributed by atoms with Gasteiger partial charge in [-0.2, -0.15) is 22.0 Å². The number of aliphatic hydroxyl groups is 3. The Morgan fingerprint density at radius 2 is 1.66 bits per heavy atom. The van der Waals surface area contributed by atoms with E-state index in [-0.39, 0.29) is 17.9 Å². The van der Waals surface area contributed by atoms with E-state index in [0.717, 1.165) is 15.1 Å². The molecule has 0 unspecified atom stereocenters. The van der Waals surface area contributed by atoms with Crippen molar-refractivity contribution in [3.8, 4) is 0 Å². The Morgan fingerprint density at radius 3 is 2.21 bits per heavy atom. The van der Waals surface area contributed by atoms with Crippen molar-refractivity contribution in [2.45, 2.75) is 30.7 Å². The van der Waals surface area contributed by atoms with Gasteiger partial charge < -0.3 is 35.6 Å². The third kappa shape index (κ3) is 6.65. The minimum atomic E-state index is -6.01. The highest BCUT2D eigenvalue weighted by atomic mass is 19.4. The molecule has 1 aliphatic heterocycles. The van der Waals surface area contributed by atoms with Gasteiger partial charge in [-0.15, -0.1) is 0 Å². The van der Waals surface area contributed by atoms with Gasteiger partial charge in [-0.1, -0.05) is 12.1 Å². The average Bonchev–Trinajstić information content (AvgIpc) is 2.96. The summed E-state index contributed by atoms with van der Waals surface area (Å²) in [5.41, 5.74) is -3.04. The number of benzene rings is 1. The highest BCUT2D eigenvalue weighted by Gasteiger charge is 2.58. The normalized spacial score (nSPS) is 17.7. The van der Waals surface area contributed by atoms with Gasteiger partial charge in [0.2, 0.25) is 5.60 Å². The number of amides is 4. The van der Waals surface area contributed by atoms with Crippen LogP contribution in [0.2, 0.25) is 0 Å². The summed E-state index contributed by atoms with van der Waals surface area (Å²) >= 11 is 0. The molecule has 17 heteroatoms. The van der Waals surface area contributed by atoms with E-state index in [1.54, 1.807) is 0 Å². The molecule has 38 heavy (non-hydrogen) atoms. The molecule has 0 spiro atoms. The number of hydrogen-bond donors (Lipinski definition) is 5. The summed E-state index contributed by atoms with van der Waals surface area (Å²) < 4.78 is 68.3. The Balaban J connectivity index is 2.33. The number of alkyl halides is 5. The van der Waals surface area contributed by atoms with Gasteiger partial charge in [0.15, 0.2) is 0 Å². The molecule has 212 valence electrons. The topological polar surface area (TPSA) is 169 Å². The minimum absolute atomic E-state index is 0.0906. The molecule has 1 heterocycles. The summed E-state index contributed by atoms with van der Waals surface area (Å²) in [5, 5.41) is 31.9. The van der Waals surface area contributed by atoms with Crippen LogP contribution in [-0.2, 0) is 19.1 Å². The van der Waals surface area contributed by atoms with Crippen LogP contribution in [0.15, 0.2) is 24.3 Å². The fourth-order valence-corrected chi connectivity index (χ4v) is 3.27. The van der Waals surface area contributed by atoms with Gasteiger partial charge >= 0.3 is 18.2 Å². The van der Waals surface area contributed by atoms with Gasteiger partial charge in [-0.05, 0) is 19.1 Å². The van der Waals surface area contributed by atoms with Crippen LogP contribution in [0.25, 0.3) is 0 Å². The Hall–Kier alpha value is -3.57. The second-order valence-corrected chi connectivity index (χ2v) is 8.13. The van der Waals surface area contributed by atoms with E-state index in [2.05, 4.69) is 0 Å². The number of para-hydroxylation sites is 2. The lowest BCUT2D eigenvalue weighted by molar-refractivity contribution is -0.278. The molecule has 0 fully saturated rings. The number of aliphatic hydroxyl groups excluding tert-OH is 2. The van der Waals surface area contributed by atoms with Gasteiger partial charge in [0.1, 0.15) is 12.6 Å². The standard InChI is InChI=1S/C21H25F5N4O8/c1-19(37,16(34)27-11-20(22,23)21(24,25)26)17(35)28-12-10-30(18(36)38-9-8-32)14-5-3-2-4-13(14)29(6-7-31)15(12)33/h2-5,12,31-32,37H,6-11H2,1H3,(H,27,34)(H,28,35)/t12-,19+/m0/s1. The Kier molecular flexibility index (Phi) is 9.57. The maximum Gasteiger partial charge on any atom is 0.455 e. The molecule has 1 aromatic rings. The number of halogens is 5. The van der Waals surface area contributed by atoms with E-state index >= 15 is 0 Å². The zero-order valence-electron chi connectivity index (χ0n) is 19.8. The van der Waals surface area contributed by atoms with Gasteiger partial charge in [-0.3, -0.25) is 19.3 Å². The highest BCUT2D eigenvalue weighted by Crippen LogP contribution is 2.35. The summed E-state index contributed by atoms with van der Waals surface area (Å²) in [6.45, 7) is -4.29. The lowest BCUT2D eigenvalue weighted by Gasteiger charge is -2.28. The number of rotatable bonds is 9. The summed E-state index contributed by atoms with van der Waals surface area (Å²) in [6.07, 6.45) is -7.08. The Bertz CT molecular complexity index is 1050. The number of ether oxygens (including phenoxy) is 1. The quantitative estimate of drug-likeness (QED) is 0.201. The first-order valence-electron chi connectivity index (χ1n) is 10.9. The van der Waals surface area contributed by atoms with Crippen LogP contribution in [0, 0.1) is 0 Å². The van der Waals surface area contributed by atoms with Crippen LogP contribution in [0.5, 0.6) is 0 Å². The van der Waals surface area contributed by atoms with Crippen LogP contribution in [0.3, 0.4) is 0 Å². The monoisotopic (exact) mass is 556 g/mol. The average molecular weight is 556 g/mol. The Labute approximate surface area is 211 Å². The zero-order chi connectivity index (χ0) is 28.9. The van der Waals surface area contributed by atoms with E-state index in [9.17, 15) is 51.3 Å². The van der Waals surface area contributed by atoms with Crippen molar-refractivity contribution in [2.24, 2.45) is 0 Å². The third-order valence-corrected chi connectivity index (χ3v) is 5.33. The smallest absolute Gasteiger partial charge is 0.447 e. The number of fused-ring (bicyclic) bond motifs is 1. The molecule has 2 atom stereocenters. The second kappa shape index (κ2) is 11.9. The molecule has 0 radical (unpaired) electrons. The first-order chi connectivity index (χ1) is 17.6. The van der Waals surface area contributed by atoms with Crippen molar-refractivity contribution in [3.63, 3.8) is 0 Å². The first-order valence-corrected chi connectivity index (χ1v) is 10.9. The second-order valence-electron chi connectivity index (χ2n) is 8.13. The maximum atomic E-state index is 13.3. The van der Waals surface area contributed by atoms with Gasteiger partial charge in [0.05, 0.1) is 37.7 Å². The fraction of sp³-hybridized carbons (Fsp3) is 0.524. The fourth-order valence-electron chi connectivity index (χ4n) is 3.27. The number of β-amino-alcohol motifs (C(OH)–C–C–N with tert-alkyl or cyclic N) is 1. The van der Waals surface area contributed by atoms with Crippen molar-refractivity contribution < 1.29 is 61.2 Å². The molecule has 12 nitrogen and oxygen atoms in total. The van der Waals surface area contributed by atoms with E-state index in [0.29, 0.717) is 6.92 Å². The van der Waals surface area contributed by atoms with Crippen molar-refractivity contribution in [1.29, 1.82) is 0 Å². The number of anilines is 2. The minimum Gasteiger partial charge on any atom is -0.447 e. The molecule has 0 saturated heterocycles. The summed E-state index contributed by atoms with van der Waals surface area (Å²) in [7, 11) is 0. The highest BCUT2D eigenvalue weighted by molar-refractivity contribution is 6.11. The maximum absolute atomic E-state index is 13.3. The van der Waals surface area contributed by atoms with Crippen LogP contribution in [-0.4, -0.2) is 102 Å². The van der Waals surface area contributed by atoms with Crippen LogP contribution in [0.1, 0.15) is 6.92 Å². The summed E-state index contributed by atoms with van der Waals surface area (Å²) in [5.74, 6) is -9.88. The van der Waals surface area contributed by atoms with Crippen molar-refractivity contribution in [2.75, 3.05) is 49.3 Å². The SMILES string of the molecule is C[C@@](O)(C(=O)NCC(F)(F)C(F)(F)F)C(=O)N[C@H]1CN(C(=O)OCCO)c2ccccc2N(CCO)C1=O. The molecule has 1 aliphatic rings. The van der Waals surface area contributed by atoms with Crippen LogP contribution < -0.4 is 20.4 Å². The van der Waals surface area contributed by atoms with Gasteiger partial charge in [0.25, 0.3) is 17.7 Å². The molecular formula is C21H25F5N4O8. The molecule has 5 N–H and O–H groups in total. The number of carbonyl (C=O) groups excluding carboxylic acids is 4.